The molecule has 1 unspecified atom stereocenters. The molecular weight excluding hydrogens is 280 g/mol. The molecule has 5 nitrogen and oxygen atoms in total. The van der Waals surface area contributed by atoms with Crippen LogP contribution in [-0.2, 0) is 0 Å². The van der Waals surface area contributed by atoms with Gasteiger partial charge in [0.1, 0.15) is 5.75 Å². The lowest BCUT2D eigenvalue weighted by Gasteiger charge is -2.41. The SMILES string of the molecule is CCC1(CNC(=O)NCC(O)c2ccc(OC)cc2)CCC1. The molecule has 0 spiro atoms. The summed E-state index contributed by atoms with van der Waals surface area (Å²) in [6.07, 6.45) is 4.02. The van der Waals surface area contributed by atoms with Crippen LogP contribution in [0, 0.1) is 5.41 Å². The topological polar surface area (TPSA) is 70.6 Å². The molecule has 1 aromatic rings. The minimum Gasteiger partial charge on any atom is -0.497 e. The first kappa shape index (κ1) is 16.6. The number of methoxy groups -OCH3 is 1. The Kier molecular flexibility index (Phi) is 5.66. The van der Waals surface area contributed by atoms with Crippen molar-refractivity contribution in [1.82, 2.24) is 10.6 Å². The third kappa shape index (κ3) is 4.13. The number of aliphatic hydroxyl groups is 1. The lowest BCUT2D eigenvalue weighted by Crippen LogP contribution is -2.46. The van der Waals surface area contributed by atoms with Gasteiger partial charge in [0.15, 0.2) is 0 Å². The molecule has 1 aliphatic rings. The van der Waals surface area contributed by atoms with Crippen LogP contribution in [-0.4, -0.2) is 31.3 Å². The molecule has 2 amide bonds. The third-order valence-corrected chi connectivity index (χ3v) is 4.74. The van der Waals surface area contributed by atoms with Crippen molar-refractivity contribution < 1.29 is 14.6 Å². The van der Waals surface area contributed by atoms with E-state index in [1.54, 1.807) is 31.4 Å². The van der Waals surface area contributed by atoms with Crippen LogP contribution >= 0.6 is 0 Å². The molecule has 3 N–H and O–H groups in total. The van der Waals surface area contributed by atoms with Gasteiger partial charge in [0.2, 0.25) is 0 Å². The van der Waals surface area contributed by atoms with Crippen LogP contribution in [0.1, 0.15) is 44.3 Å². The Morgan fingerprint density at radius 3 is 2.50 bits per heavy atom. The van der Waals surface area contributed by atoms with Crippen LogP contribution in [0.3, 0.4) is 0 Å². The highest BCUT2D eigenvalue weighted by atomic mass is 16.5. The predicted octanol–water partition coefficient (Wildman–Crippen LogP) is 2.61. The summed E-state index contributed by atoms with van der Waals surface area (Å²) in [5.74, 6) is 0.743. The van der Waals surface area contributed by atoms with E-state index in [1.165, 1.54) is 19.3 Å². The first-order valence-electron chi connectivity index (χ1n) is 7.92. The van der Waals surface area contributed by atoms with E-state index in [2.05, 4.69) is 17.6 Å². The maximum atomic E-state index is 11.8. The molecule has 0 radical (unpaired) electrons. The van der Waals surface area contributed by atoms with E-state index in [-0.39, 0.29) is 12.6 Å². The van der Waals surface area contributed by atoms with Crippen LogP contribution in [0.25, 0.3) is 0 Å². The molecule has 1 aliphatic carbocycles. The summed E-state index contributed by atoms with van der Waals surface area (Å²) in [5.41, 5.74) is 1.05. The van der Waals surface area contributed by atoms with E-state index in [0.29, 0.717) is 12.0 Å². The number of carbonyl (C=O) groups excluding carboxylic acids is 1. The van der Waals surface area contributed by atoms with Crippen molar-refractivity contribution in [3.05, 3.63) is 29.8 Å². The first-order chi connectivity index (χ1) is 10.6. The van der Waals surface area contributed by atoms with E-state index in [0.717, 1.165) is 17.7 Å². The number of carbonyl (C=O) groups is 1. The number of aliphatic hydroxyl groups excluding tert-OH is 1. The van der Waals surface area contributed by atoms with E-state index in [1.807, 2.05) is 0 Å². The second kappa shape index (κ2) is 7.49. The first-order valence-corrected chi connectivity index (χ1v) is 7.92. The van der Waals surface area contributed by atoms with Gasteiger partial charge in [-0.05, 0) is 42.4 Å². The molecule has 1 aromatic carbocycles. The van der Waals surface area contributed by atoms with Gasteiger partial charge >= 0.3 is 6.03 Å². The lowest BCUT2D eigenvalue weighted by atomic mass is 9.67. The summed E-state index contributed by atoms with van der Waals surface area (Å²) >= 11 is 0. The summed E-state index contributed by atoms with van der Waals surface area (Å²) in [6, 6.07) is 6.96. The Hall–Kier alpha value is -1.75. The highest BCUT2D eigenvalue weighted by Crippen LogP contribution is 2.42. The fraction of sp³-hybridized carbons (Fsp3) is 0.588. The molecule has 0 bridgehead atoms. The number of hydrogen-bond acceptors (Lipinski definition) is 3. The third-order valence-electron chi connectivity index (χ3n) is 4.74. The van der Waals surface area contributed by atoms with Crippen molar-refractivity contribution in [2.24, 2.45) is 5.41 Å². The van der Waals surface area contributed by atoms with Crippen LogP contribution in [0.5, 0.6) is 5.75 Å². The highest BCUT2D eigenvalue weighted by molar-refractivity contribution is 5.73. The van der Waals surface area contributed by atoms with Crippen molar-refractivity contribution in [2.75, 3.05) is 20.2 Å². The van der Waals surface area contributed by atoms with Gasteiger partial charge in [0.25, 0.3) is 0 Å². The van der Waals surface area contributed by atoms with E-state index in [4.69, 9.17) is 4.74 Å². The standard InChI is InChI=1S/C17H26N2O3/c1-3-17(9-4-10-17)12-19-16(21)18-11-15(20)13-5-7-14(22-2)8-6-13/h5-8,15,20H,3-4,9-12H2,1-2H3,(H2,18,19,21). The number of rotatable bonds is 7. The molecule has 0 saturated heterocycles. The van der Waals surface area contributed by atoms with Crippen molar-refractivity contribution in [1.29, 1.82) is 0 Å². The average Bonchev–Trinajstić information content (AvgIpc) is 2.52. The van der Waals surface area contributed by atoms with Gasteiger partial charge in [-0.1, -0.05) is 25.5 Å². The zero-order chi connectivity index (χ0) is 16.0. The largest absolute Gasteiger partial charge is 0.497 e. The molecule has 2 rings (SSSR count). The number of nitrogens with one attached hydrogen (secondary N) is 2. The summed E-state index contributed by atoms with van der Waals surface area (Å²) in [6.45, 7) is 3.08. The van der Waals surface area contributed by atoms with E-state index >= 15 is 0 Å². The zero-order valence-corrected chi connectivity index (χ0v) is 13.4. The van der Waals surface area contributed by atoms with Crippen LogP contribution in [0.2, 0.25) is 0 Å². The summed E-state index contributed by atoms with van der Waals surface area (Å²) < 4.78 is 5.08. The van der Waals surface area contributed by atoms with Gasteiger partial charge in [0.05, 0.1) is 13.2 Å². The number of amides is 2. The molecule has 1 atom stereocenters. The molecule has 122 valence electrons. The normalized spacial score (nSPS) is 17.2. The Balaban J connectivity index is 1.73. The number of benzene rings is 1. The van der Waals surface area contributed by atoms with Gasteiger partial charge in [-0.15, -0.1) is 0 Å². The van der Waals surface area contributed by atoms with Gasteiger partial charge < -0.3 is 20.5 Å². The van der Waals surface area contributed by atoms with Crippen molar-refractivity contribution >= 4 is 6.03 Å². The smallest absolute Gasteiger partial charge is 0.314 e. The van der Waals surface area contributed by atoms with Gasteiger partial charge in [-0.2, -0.15) is 0 Å². The summed E-state index contributed by atoms with van der Waals surface area (Å²) in [5, 5.41) is 15.7. The minimum atomic E-state index is -0.722. The van der Waals surface area contributed by atoms with Crippen molar-refractivity contribution in [3.8, 4) is 5.75 Å². The number of urea groups is 1. The molecule has 0 heterocycles. The van der Waals surface area contributed by atoms with Gasteiger partial charge in [0, 0.05) is 13.1 Å². The lowest BCUT2D eigenvalue weighted by molar-refractivity contribution is 0.125. The second-order valence-electron chi connectivity index (χ2n) is 6.06. The molecule has 1 saturated carbocycles. The maximum Gasteiger partial charge on any atom is 0.314 e. The molecule has 0 aromatic heterocycles. The molecule has 0 aliphatic heterocycles. The predicted molar refractivity (Wildman–Crippen MR) is 85.9 cm³/mol. The van der Waals surface area contributed by atoms with E-state index in [9.17, 15) is 9.90 Å². The quantitative estimate of drug-likeness (QED) is 0.725. The van der Waals surface area contributed by atoms with Crippen LogP contribution < -0.4 is 15.4 Å². The maximum absolute atomic E-state index is 11.8. The fourth-order valence-corrected chi connectivity index (χ4v) is 2.80. The second-order valence-corrected chi connectivity index (χ2v) is 6.06. The van der Waals surface area contributed by atoms with Crippen molar-refractivity contribution in [3.63, 3.8) is 0 Å². The average molecular weight is 306 g/mol. The highest BCUT2D eigenvalue weighted by Gasteiger charge is 2.35. The molecule has 5 heteroatoms. The fourth-order valence-electron chi connectivity index (χ4n) is 2.80. The Morgan fingerprint density at radius 2 is 2.00 bits per heavy atom. The summed E-state index contributed by atoms with van der Waals surface area (Å²) in [7, 11) is 1.60. The molecular formula is C17H26N2O3. The Morgan fingerprint density at radius 1 is 1.32 bits per heavy atom. The van der Waals surface area contributed by atoms with Crippen LogP contribution in [0.4, 0.5) is 4.79 Å². The summed E-state index contributed by atoms with van der Waals surface area (Å²) in [4.78, 5) is 11.8. The zero-order valence-electron chi connectivity index (χ0n) is 13.4. The number of hydrogen-bond donors (Lipinski definition) is 3. The van der Waals surface area contributed by atoms with Gasteiger partial charge in [-0.3, -0.25) is 0 Å². The van der Waals surface area contributed by atoms with Gasteiger partial charge in [-0.25, -0.2) is 4.79 Å². The Labute approximate surface area is 132 Å². The minimum absolute atomic E-state index is 0.192. The number of ether oxygens (including phenoxy) is 1. The van der Waals surface area contributed by atoms with Crippen LogP contribution in [0.15, 0.2) is 24.3 Å². The molecule has 22 heavy (non-hydrogen) atoms. The van der Waals surface area contributed by atoms with Crippen molar-refractivity contribution in [2.45, 2.75) is 38.7 Å². The Bertz CT molecular complexity index is 478. The van der Waals surface area contributed by atoms with E-state index < -0.39 is 6.10 Å². The molecule has 1 fully saturated rings. The monoisotopic (exact) mass is 306 g/mol.